The predicted octanol–water partition coefficient (Wildman–Crippen LogP) is 3.11. The normalized spacial score (nSPS) is 15.7. The third-order valence-corrected chi connectivity index (χ3v) is 3.23. The molecule has 0 amide bonds. The van der Waals surface area contributed by atoms with Gasteiger partial charge in [0.15, 0.2) is 0 Å². The van der Waals surface area contributed by atoms with Crippen molar-refractivity contribution in [3.8, 4) is 0 Å². The predicted molar refractivity (Wildman–Crippen MR) is 72.6 cm³/mol. The molecule has 1 saturated carbocycles. The maximum Gasteiger partial charge on any atom is 0.405 e. The zero-order valence-corrected chi connectivity index (χ0v) is 11.7. The Morgan fingerprint density at radius 2 is 2.10 bits per heavy atom. The fourth-order valence-electron chi connectivity index (χ4n) is 2.14. The molecule has 6 heteroatoms. The average Bonchev–Trinajstić information content (AvgIpc) is 3.17. The number of halogens is 3. The molecule has 0 unspecified atom stereocenters. The molecule has 0 aliphatic heterocycles. The van der Waals surface area contributed by atoms with E-state index in [1.54, 1.807) is 18.5 Å². The van der Waals surface area contributed by atoms with Gasteiger partial charge in [0.1, 0.15) is 6.54 Å². The van der Waals surface area contributed by atoms with E-state index >= 15 is 0 Å². The number of rotatable bonds is 6. The molecular formula is C14H20F3N3. The van der Waals surface area contributed by atoms with Crippen LogP contribution < -0.4 is 10.2 Å². The Morgan fingerprint density at radius 3 is 2.65 bits per heavy atom. The number of nitrogens with zero attached hydrogens (tertiary/aromatic N) is 2. The van der Waals surface area contributed by atoms with E-state index in [1.165, 1.54) is 4.90 Å². The fraction of sp³-hybridized carbons (Fsp3) is 0.643. The first-order valence-corrected chi connectivity index (χ1v) is 6.86. The summed E-state index contributed by atoms with van der Waals surface area (Å²) in [5, 5.41) is 3.23. The van der Waals surface area contributed by atoms with Crippen LogP contribution in [0.1, 0.15) is 32.3 Å². The Hall–Kier alpha value is -1.30. The summed E-state index contributed by atoms with van der Waals surface area (Å²) in [6.07, 6.45) is 0.677. The van der Waals surface area contributed by atoms with Gasteiger partial charge in [0.2, 0.25) is 0 Å². The zero-order chi connectivity index (χ0) is 14.8. The highest BCUT2D eigenvalue weighted by molar-refractivity contribution is 5.54. The van der Waals surface area contributed by atoms with E-state index in [2.05, 4.69) is 10.3 Å². The molecule has 1 N–H and O–H groups in total. The van der Waals surface area contributed by atoms with Crippen LogP contribution in [0.2, 0.25) is 0 Å². The van der Waals surface area contributed by atoms with Crippen molar-refractivity contribution in [2.45, 2.75) is 51.5 Å². The highest BCUT2D eigenvalue weighted by Crippen LogP contribution is 2.35. The molecule has 20 heavy (non-hydrogen) atoms. The zero-order valence-electron chi connectivity index (χ0n) is 11.7. The van der Waals surface area contributed by atoms with Gasteiger partial charge in [-0.15, -0.1) is 0 Å². The van der Waals surface area contributed by atoms with Gasteiger partial charge >= 0.3 is 6.18 Å². The van der Waals surface area contributed by atoms with Gasteiger partial charge < -0.3 is 10.2 Å². The standard InChI is InChI=1S/C14H20F3N3/c1-10(2)19-8-11-7-18-6-5-13(11)20(12-3-4-12)9-14(15,16)17/h5-7,10,12,19H,3-4,8-9H2,1-2H3. The molecule has 0 spiro atoms. The lowest BCUT2D eigenvalue weighted by Gasteiger charge is -2.28. The summed E-state index contributed by atoms with van der Waals surface area (Å²) in [5.74, 6) is 0. The highest BCUT2D eigenvalue weighted by atomic mass is 19.4. The maximum atomic E-state index is 12.8. The molecule has 0 radical (unpaired) electrons. The molecule has 0 saturated heterocycles. The molecular weight excluding hydrogens is 267 g/mol. The summed E-state index contributed by atoms with van der Waals surface area (Å²) < 4.78 is 38.3. The van der Waals surface area contributed by atoms with E-state index in [1.807, 2.05) is 13.8 Å². The van der Waals surface area contributed by atoms with Gasteiger partial charge in [-0.25, -0.2) is 0 Å². The smallest absolute Gasteiger partial charge is 0.359 e. The number of hydrogen-bond donors (Lipinski definition) is 1. The van der Waals surface area contributed by atoms with Crippen molar-refractivity contribution in [3.05, 3.63) is 24.0 Å². The second-order valence-electron chi connectivity index (χ2n) is 5.51. The number of pyridine rings is 1. The topological polar surface area (TPSA) is 28.2 Å². The Kier molecular flexibility index (Phi) is 4.52. The molecule has 1 aromatic rings. The molecule has 1 aliphatic rings. The van der Waals surface area contributed by atoms with Crippen molar-refractivity contribution in [1.29, 1.82) is 0 Å². The van der Waals surface area contributed by atoms with E-state index in [0.717, 1.165) is 18.4 Å². The van der Waals surface area contributed by atoms with E-state index in [4.69, 9.17) is 0 Å². The van der Waals surface area contributed by atoms with Crippen molar-refractivity contribution in [3.63, 3.8) is 0 Å². The van der Waals surface area contributed by atoms with Gasteiger partial charge in [0.05, 0.1) is 0 Å². The molecule has 2 rings (SSSR count). The molecule has 3 nitrogen and oxygen atoms in total. The minimum Gasteiger partial charge on any atom is -0.359 e. The minimum absolute atomic E-state index is 0.0109. The molecule has 112 valence electrons. The molecule has 0 atom stereocenters. The van der Waals surface area contributed by atoms with Crippen molar-refractivity contribution < 1.29 is 13.2 Å². The van der Waals surface area contributed by atoms with Crippen LogP contribution in [0.5, 0.6) is 0 Å². The highest BCUT2D eigenvalue weighted by Gasteiger charge is 2.38. The lowest BCUT2D eigenvalue weighted by molar-refractivity contribution is -0.120. The molecule has 1 heterocycles. The second-order valence-corrected chi connectivity index (χ2v) is 5.51. The second kappa shape index (κ2) is 5.99. The first kappa shape index (κ1) is 15.1. The fourth-order valence-corrected chi connectivity index (χ4v) is 2.14. The van der Waals surface area contributed by atoms with Crippen LogP contribution >= 0.6 is 0 Å². The van der Waals surface area contributed by atoms with E-state index in [0.29, 0.717) is 12.2 Å². The van der Waals surface area contributed by atoms with Gasteiger partial charge in [-0.1, -0.05) is 13.8 Å². The Morgan fingerprint density at radius 1 is 1.40 bits per heavy atom. The third kappa shape index (κ3) is 4.37. The van der Waals surface area contributed by atoms with Crippen molar-refractivity contribution in [2.24, 2.45) is 0 Å². The molecule has 1 fully saturated rings. The van der Waals surface area contributed by atoms with Gasteiger partial charge in [0.25, 0.3) is 0 Å². The average molecular weight is 287 g/mol. The third-order valence-electron chi connectivity index (χ3n) is 3.23. The lowest BCUT2D eigenvalue weighted by atomic mass is 10.2. The van der Waals surface area contributed by atoms with Gasteiger partial charge in [-0.2, -0.15) is 13.2 Å². The summed E-state index contributed by atoms with van der Waals surface area (Å²) in [6, 6.07) is 1.97. The number of hydrogen-bond acceptors (Lipinski definition) is 3. The molecule has 1 aromatic heterocycles. The molecule has 1 aliphatic carbocycles. The van der Waals surface area contributed by atoms with Crippen molar-refractivity contribution in [2.75, 3.05) is 11.4 Å². The Bertz CT molecular complexity index is 442. The number of nitrogens with one attached hydrogen (secondary N) is 1. The summed E-state index contributed by atoms with van der Waals surface area (Å²) in [6.45, 7) is 3.65. The Balaban J connectivity index is 2.19. The van der Waals surface area contributed by atoms with Crippen LogP contribution in [0.3, 0.4) is 0 Å². The molecule has 0 bridgehead atoms. The van der Waals surface area contributed by atoms with Crippen LogP contribution in [0, 0.1) is 0 Å². The summed E-state index contributed by atoms with van der Waals surface area (Å²) in [4.78, 5) is 5.51. The van der Waals surface area contributed by atoms with Gasteiger partial charge in [-0.3, -0.25) is 4.98 Å². The van der Waals surface area contributed by atoms with Crippen molar-refractivity contribution in [1.82, 2.24) is 10.3 Å². The SMILES string of the molecule is CC(C)NCc1cnccc1N(CC(F)(F)F)C1CC1. The summed E-state index contributed by atoms with van der Waals surface area (Å²) >= 11 is 0. The first-order valence-electron chi connectivity index (χ1n) is 6.86. The van der Waals surface area contributed by atoms with Crippen LogP contribution in [0.25, 0.3) is 0 Å². The van der Waals surface area contributed by atoms with Gasteiger partial charge in [-0.05, 0) is 18.9 Å². The molecule has 0 aromatic carbocycles. The number of alkyl halides is 3. The first-order chi connectivity index (χ1) is 9.37. The van der Waals surface area contributed by atoms with E-state index in [-0.39, 0.29) is 12.1 Å². The minimum atomic E-state index is -4.19. The summed E-state index contributed by atoms with van der Waals surface area (Å²) in [7, 11) is 0. The largest absolute Gasteiger partial charge is 0.405 e. The van der Waals surface area contributed by atoms with Crippen LogP contribution in [-0.2, 0) is 6.54 Å². The van der Waals surface area contributed by atoms with E-state index < -0.39 is 12.7 Å². The number of aromatic nitrogens is 1. The van der Waals surface area contributed by atoms with Gasteiger partial charge in [0, 0.05) is 42.3 Å². The summed E-state index contributed by atoms with van der Waals surface area (Å²) in [5.41, 5.74) is 1.46. The Labute approximate surface area is 117 Å². The maximum absolute atomic E-state index is 12.8. The monoisotopic (exact) mass is 287 g/mol. The van der Waals surface area contributed by atoms with Crippen molar-refractivity contribution >= 4 is 5.69 Å². The number of anilines is 1. The quantitative estimate of drug-likeness (QED) is 0.871. The van der Waals surface area contributed by atoms with Crippen LogP contribution in [-0.4, -0.2) is 29.8 Å². The van der Waals surface area contributed by atoms with Crippen LogP contribution in [0.15, 0.2) is 18.5 Å². The van der Waals surface area contributed by atoms with E-state index in [9.17, 15) is 13.2 Å². The van der Waals surface area contributed by atoms with Crippen LogP contribution in [0.4, 0.5) is 18.9 Å². The lowest BCUT2D eigenvalue weighted by Crippen LogP contribution is -2.37.